The van der Waals surface area contributed by atoms with E-state index in [1.54, 1.807) is 48.5 Å². The third-order valence-electron chi connectivity index (χ3n) is 6.03. The lowest BCUT2D eigenvalue weighted by Gasteiger charge is -2.26. The van der Waals surface area contributed by atoms with Crippen LogP contribution >= 0.6 is 11.6 Å². The Morgan fingerprint density at radius 1 is 0.973 bits per heavy atom. The average Bonchev–Trinajstić information content (AvgIpc) is 2.87. The smallest absolute Gasteiger partial charge is 0.252 e. The molecule has 192 valence electrons. The van der Waals surface area contributed by atoms with E-state index in [9.17, 15) is 14.3 Å². The first-order valence-electron chi connectivity index (χ1n) is 12.2. The number of fused-ring (bicyclic) bond motifs is 1. The van der Waals surface area contributed by atoms with Gasteiger partial charge in [-0.1, -0.05) is 80.9 Å². The number of hydrogen-bond acceptors (Lipinski definition) is 3. The lowest BCUT2D eigenvalue weighted by Crippen LogP contribution is -2.41. The molecule has 4 aromatic carbocycles. The second kappa shape index (κ2) is 11.3. The zero-order valence-corrected chi connectivity index (χ0v) is 21.9. The molecule has 0 radical (unpaired) electrons. The quantitative estimate of drug-likeness (QED) is 0.260. The van der Waals surface area contributed by atoms with Crippen LogP contribution in [0.25, 0.3) is 10.8 Å². The Morgan fingerprint density at radius 3 is 2.43 bits per heavy atom. The van der Waals surface area contributed by atoms with E-state index < -0.39 is 23.9 Å². The molecule has 0 saturated carbocycles. The predicted molar refractivity (Wildman–Crippen MR) is 147 cm³/mol. The van der Waals surface area contributed by atoms with Crippen molar-refractivity contribution in [2.45, 2.75) is 39.3 Å². The molecule has 2 N–H and O–H groups in total. The van der Waals surface area contributed by atoms with Crippen molar-refractivity contribution in [1.82, 2.24) is 5.32 Å². The molecule has 0 spiro atoms. The summed E-state index contributed by atoms with van der Waals surface area (Å²) >= 11 is 6.18. The van der Waals surface area contributed by atoms with E-state index >= 15 is 0 Å². The maximum Gasteiger partial charge on any atom is 0.252 e. The number of amides is 1. The van der Waals surface area contributed by atoms with Gasteiger partial charge in [-0.3, -0.25) is 4.79 Å². The average molecular weight is 520 g/mol. The summed E-state index contributed by atoms with van der Waals surface area (Å²) in [6.45, 7) is 6.86. The topological polar surface area (TPSA) is 58.6 Å². The Bertz CT molecular complexity index is 1400. The van der Waals surface area contributed by atoms with Crippen molar-refractivity contribution in [3.05, 3.63) is 112 Å². The van der Waals surface area contributed by atoms with E-state index in [-0.39, 0.29) is 5.41 Å². The number of hydrogen-bond donors (Lipinski definition) is 2. The number of carbonyl (C=O) groups excluding carboxylic acids is 1. The minimum absolute atomic E-state index is 0.00716. The summed E-state index contributed by atoms with van der Waals surface area (Å²) in [6, 6.07) is 23.5. The summed E-state index contributed by atoms with van der Waals surface area (Å²) < 4.78 is 20.3. The molecule has 0 aliphatic carbocycles. The summed E-state index contributed by atoms with van der Waals surface area (Å²) in [5.41, 5.74) is 1.82. The van der Waals surface area contributed by atoms with Crippen LogP contribution in [-0.4, -0.2) is 23.7 Å². The molecule has 0 heterocycles. The van der Waals surface area contributed by atoms with Crippen molar-refractivity contribution in [2.75, 3.05) is 6.61 Å². The van der Waals surface area contributed by atoms with E-state index in [4.69, 9.17) is 16.3 Å². The zero-order chi connectivity index (χ0) is 26.6. The van der Waals surface area contributed by atoms with E-state index in [1.807, 2.05) is 24.3 Å². The third kappa shape index (κ3) is 6.88. The predicted octanol–water partition coefficient (Wildman–Crippen LogP) is 7.13. The molecule has 0 bridgehead atoms. The second-order valence-electron chi connectivity index (χ2n) is 10.4. The Hall–Kier alpha value is -3.41. The number of ether oxygens (including phenoxy) is 1. The zero-order valence-electron chi connectivity index (χ0n) is 21.2. The van der Waals surface area contributed by atoms with Gasteiger partial charge in [0.15, 0.2) is 0 Å². The first-order chi connectivity index (χ1) is 17.6. The van der Waals surface area contributed by atoms with Crippen molar-refractivity contribution >= 4 is 28.3 Å². The summed E-state index contributed by atoms with van der Waals surface area (Å²) in [7, 11) is 0. The molecule has 4 aromatic rings. The first-order valence-corrected chi connectivity index (χ1v) is 12.6. The molecule has 1 amide bonds. The van der Waals surface area contributed by atoms with Gasteiger partial charge in [-0.2, -0.15) is 0 Å². The van der Waals surface area contributed by atoms with Crippen LogP contribution in [0.5, 0.6) is 5.75 Å². The van der Waals surface area contributed by atoms with Crippen LogP contribution in [0.15, 0.2) is 84.9 Å². The highest BCUT2D eigenvalue weighted by Crippen LogP contribution is 2.27. The fraction of sp³-hybridized carbons (Fsp3) is 0.258. The number of nitrogens with one attached hydrogen (secondary N) is 1. The van der Waals surface area contributed by atoms with Crippen LogP contribution in [0.2, 0.25) is 5.02 Å². The molecule has 37 heavy (non-hydrogen) atoms. The van der Waals surface area contributed by atoms with Crippen LogP contribution in [0.1, 0.15) is 48.4 Å². The van der Waals surface area contributed by atoms with Crippen molar-refractivity contribution in [3.63, 3.8) is 0 Å². The fourth-order valence-electron chi connectivity index (χ4n) is 4.19. The van der Waals surface area contributed by atoms with Gasteiger partial charge in [0.05, 0.1) is 18.8 Å². The first kappa shape index (κ1) is 26.6. The highest BCUT2D eigenvalue weighted by atomic mass is 35.5. The Balaban J connectivity index is 1.64. The minimum atomic E-state index is -1.03. The van der Waals surface area contributed by atoms with E-state index in [0.29, 0.717) is 39.9 Å². The Kier molecular flexibility index (Phi) is 8.16. The van der Waals surface area contributed by atoms with Crippen molar-refractivity contribution < 1.29 is 19.0 Å². The van der Waals surface area contributed by atoms with Crippen LogP contribution < -0.4 is 10.1 Å². The Morgan fingerprint density at radius 2 is 1.70 bits per heavy atom. The van der Waals surface area contributed by atoms with E-state index in [0.717, 1.165) is 11.3 Å². The lowest BCUT2D eigenvalue weighted by molar-refractivity contribution is 0.0833. The van der Waals surface area contributed by atoms with Gasteiger partial charge in [-0.25, -0.2) is 4.39 Å². The monoisotopic (exact) mass is 519 g/mol. The Labute approximate surface area is 222 Å². The van der Waals surface area contributed by atoms with E-state index in [2.05, 4.69) is 26.1 Å². The van der Waals surface area contributed by atoms with Gasteiger partial charge in [0.1, 0.15) is 11.6 Å². The van der Waals surface area contributed by atoms with Crippen LogP contribution in [0.3, 0.4) is 0 Å². The number of benzene rings is 4. The summed E-state index contributed by atoms with van der Waals surface area (Å²) in [5.74, 6) is -0.0728. The van der Waals surface area contributed by atoms with E-state index in [1.165, 1.54) is 12.1 Å². The van der Waals surface area contributed by atoms with Crippen molar-refractivity contribution in [3.8, 4) is 5.75 Å². The molecule has 2 unspecified atom stereocenters. The van der Waals surface area contributed by atoms with Gasteiger partial charge >= 0.3 is 0 Å². The highest BCUT2D eigenvalue weighted by molar-refractivity contribution is 6.30. The molecule has 0 aromatic heterocycles. The molecule has 6 heteroatoms. The maximum absolute atomic E-state index is 14.3. The van der Waals surface area contributed by atoms with Crippen LogP contribution in [0.4, 0.5) is 4.39 Å². The van der Waals surface area contributed by atoms with Crippen LogP contribution in [0, 0.1) is 11.2 Å². The molecule has 0 aliphatic rings. The second-order valence-corrected chi connectivity index (χ2v) is 10.9. The maximum atomic E-state index is 14.3. The number of rotatable bonds is 8. The van der Waals surface area contributed by atoms with Crippen LogP contribution in [-0.2, 0) is 6.42 Å². The normalized spacial score (nSPS) is 13.2. The molecular weight excluding hydrogens is 489 g/mol. The molecule has 0 saturated heterocycles. The van der Waals surface area contributed by atoms with Crippen molar-refractivity contribution in [1.29, 1.82) is 0 Å². The summed E-state index contributed by atoms with van der Waals surface area (Å²) in [4.78, 5) is 13.5. The van der Waals surface area contributed by atoms with Gasteiger partial charge < -0.3 is 15.2 Å². The fourth-order valence-corrected chi connectivity index (χ4v) is 4.39. The molecule has 0 aliphatic heterocycles. The number of halogens is 2. The van der Waals surface area contributed by atoms with Gasteiger partial charge in [0, 0.05) is 16.0 Å². The molecular formula is C31H31ClFNO3. The molecule has 4 nitrogen and oxygen atoms in total. The summed E-state index contributed by atoms with van der Waals surface area (Å²) in [5, 5.41) is 15.7. The van der Waals surface area contributed by atoms with Gasteiger partial charge in [0.2, 0.25) is 0 Å². The van der Waals surface area contributed by atoms with Crippen molar-refractivity contribution in [2.24, 2.45) is 5.41 Å². The number of carbonyl (C=O) groups is 1. The molecule has 4 rings (SSSR count). The summed E-state index contributed by atoms with van der Waals surface area (Å²) in [6.07, 6.45) is -0.695. The largest absolute Gasteiger partial charge is 0.493 e. The lowest BCUT2D eigenvalue weighted by atomic mass is 9.95. The van der Waals surface area contributed by atoms with Gasteiger partial charge in [0.25, 0.3) is 5.91 Å². The number of aliphatic hydroxyl groups is 1. The minimum Gasteiger partial charge on any atom is -0.493 e. The standard InChI is InChI=1S/C31H31ClFNO3/c1-31(2,3)19-37-23-11-6-8-20(16-23)17-28(29(35)21-9-7-10-22(32)18-21)34-30(36)26-14-15-27(33)25-13-5-4-12-24(25)26/h4-16,18,28-29,35H,17,19H2,1-3H3,(H,34,36). The molecule has 2 atom stereocenters. The van der Waals surface area contributed by atoms with Gasteiger partial charge in [-0.05, 0) is 64.7 Å². The number of aliphatic hydroxyl groups excluding tert-OH is 1. The molecule has 0 fully saturated rings. The van der Waals surface area contributed by atoms with Gasteiger partial charge in [-0.15, -0.1) is 0 Å². The SMILES string of the molecule is CC(C)(C)COc1cccc(CC(NC(=O)c2ccc(F)c3ccccc23)C(O)c2cccc(Cl)c2)c1. The third-order valence-corrected chi connectivity index (χ3v) is 6.26. The highest BCUT2D eigenvalue weighted by Gasteiger charge is 2.25.